The Morgan fingerprint density at radius 1 is 1.29 bits per heavy atom. The van der Waals surface area contributed by atoms with Crippen molar-refractivity contribution in [2.24, 2.45) is 0 Å². The van der Waals surface area contributed by atoms with Crippen molar-refractivity contribution in [2.75, 3.05) is 6.61 Å². The number of alkyl halides is 2. The number of aromatic nitrogens is 5. The largest absolute Gasteiger partial charge is 0.464 e. The highest BCUT2D eigenvalue weighted by molar-refractivity contribution is 5.82. The number of halogens is 2. The van der Waals surface area contributed by atoms with E-state index in [2.05, 4.69) is 20.1 Å². The summed E-state index contributed by atoms with van der Waals surface area (Å²) in [5.41, 5.74) is 3.23. The van der Waals surface area contributed by atoms with E-state index in [1.54, 1.807) is 18.3 Å². The van der Waals surface area contributed by atoms with Crippen molar-refractivity contribution < 1.29 is 14.9 Å². The van der Waals surface area contributed by atoms with Crippen molar-refractivity contribution in [3.63, 3.8) is 0 Å². The summed E-state index contributed by atoms with van der Waals surface area (Å²) in [7, 11) is 0. The smallest absolute Gasteiger partial charge is 0.316 e. The van der Waals surface area contributed by atoms with E-state index in [9.17, 15) is 8.78 Å². The van der Waals surface area contributed by atoms with Crippen LogP contribution in [0.2, 0.25) is 0 Å². The molecule has 0 atom stereocenters. The molecule has 0 fully saturated rings. The summed E-state index contributed by atoms with van der Waals surface area (Å²) in [6.45, 7) is 2.36. The van der Waals surface area contributed by atoms with Gasteiger partial charge >= 0.3 is 6.01 Å². The molecule has 0 bridgehead atoms. The van der Waals surface area contributed by atoms with Crippen LogP contribution >= 0.6 is 0 Å². The standard InChI is InChI=1S/C16H13F2N5O.H2/c1-2-24-16-20-7-10-9(3-4-11(10)21-16)12-5-6-14-19-8-13(15(17)18)23(14)22-12;/h3,5-8,15H,2,4H2,1H3;1H. The van der Waals surface area contributed by atoms with E-state index in [4.69, 9.17) is 4.74 Å². The highest BCUT2D eigenvalue weighted by atomic mass is 19.3. The molecule has 124 valence electrons. The lowest BCUT2D eigenvalue weighted by Crippen LogP contribution is -2.03. The first-order valence-corrected chi connectivity index (χ1v) is 7.50. The maximum atomic E-state index is 13.0. The van der Waals surface area contributed by atoms with Crippen molar-refractivity contribution in [3.8, 4) is 6.01 Å². The van der Waals surface area contributed by atoms with Crippen LogP contribution in [0.4, 0.5) is 8.78 Å². The van der Waals surface area contributed by atoms with Crippen LogP contribution in [0.25, 0.3) is 11.2 Å². The van der Waals surface area contributed by atoms with Gasteiger partial charge in [-0.2, -0.15) is 10.1 Å². The molecule has 6 nitrogen and oxygen atoms in total. The van der Waals surface area contributed by atoms with Gasteiger partial charge in [0.15, 0.2) is 5.65 Å². The van der Waals surface area contributed by atoms with Crippen LogP contribution in [0.15, 0.2) is 30.6 Å². The Bertz CT molecular complexity index is 957. The van der Waals surface area contributed by atoms with Crippen LogP contribution in [-0.2, 0) is 6.42 Å². The third-order valence-corrected chi connectivity index (χ3v) is 3.80. The molecule has 1 aliphatic rings. The van der Waals surface area contributed by atoms with Gasteiger partial charge in [-0.1, -0.05) is 6.08 Å². The number of rotatable bonds is 4. The molecule has 4 rings (SSSR count). The molecule has 8 heteroatoms. The highest BCUT2D eigenvalue weighted by Crippen LogP contribution is 2.31. The number of fused-ring (bicyclic) bond motifs is 2. The zero-order valence-corrected chi connectivity index (χ0v) is 12.8. The van der Waals surface area contributed by atoms with Gasteiger partial charge in [-0.25, -0.2) is 23.3 Å². The average molecular weight is 331 g/mol. The third kappa shape index (κ3) is 2.31. The molecule has 3 aromatic rings. The van der Waals surface area contributed by atoms with Crippen LogP contribution < -0.4 is 4.74 Å². The molecule has 3 aromatic heterocycles. The van der Waals surface area contributed by atoms with Crippen molar-refractivity contribution in [3.05, 3.63) is 53.2 Å². The van der Waals surface area contributed by atoms with Gasteiger partial charge in [0.25, 0.3) is 6.43 Å². The lowest BCUT2D eigenvalue weighted by atomic mass is 10.1. The van der Waals surface area contributed by atoms with Crippen LogP contribution in [0, 0.1) is 0 Å². The summed E-state index contributed by atoms with van der Waals surface area (Å²) in [6, 6.07) is 3.76. The molecule has 1 aliphatic carbocycles. The van der Waals surface area contributed by atoms with Crippen molar-refractivity contribution in [1.82, 2.24) is 24.6 Å². The number of nitrogens with zero attached hydrogens (tertiary/aromatic N) is 5. The molecule has 24 heavy (non-hydrogen) atoms. The predicted molar refractivity (Wildman–Crippen MR) is 84.0 cm³/mol. The lowest BCUT2D eigenvalue weighted by Gasteiger charge is -2.07. The minimum atomic E-state index is -2.63. The Morgan fingerprint density at radius 2 is 2.17 bits per heavy atom. The molecular formula is C16H15F2N5O. The zero-order valence-electron chi connectivity index (χ0n) is 12.8. The van der Waals surface area contributed by atoms with Crippen LogP contribution in [0.5, 0.6) is 6.01 Å². The van der Waals surface area contributed by atoms with Gasteiger partial charge in [-0.05, 0) is 19.1 Å². The Kier molecular flexibility index (Phi) is 3.44. The Hall–Kier alpha value is -2.90. The average Bonchev–Trinajstić information content (AvgIpc) is 3.18. The van der Waals surface area contributed by atoms with Gasteiger partial charge in [-0.3, -0.25) is 0 Å². The van der Waals surface area contributed by atoms with Gasteiger partial charge in [0.1, 0.15) is 5.69 Å². The predicted octanol–water partition coefficient (Wildman–Crippen LogP) is 3.09. The summed E-state index contributed by atoms with van der Waals surface area (Å²) in [6.07, 6.45) is 2.77. The molecule has 0 unspecified atom stereocenters. The molecule has 0 spiro atoms. The first-order chi connectivity index (χ1) is 11.7. The molecule has 0 aliphatic heterocycles. The van der Waals surface area contributed by atoms with Gasteiger partial charge in [0.2, 0.25) is 0 Å². The molecule has 0 aromatic carbocycles. The normalized spacial score (nSPS) is 13.4. The maximum Gasteiger partial charge on any atom is 0.316 e. The second-order valence-electron chi connectivity index (χ2n) is 5.24. The van der Waals surface area contributed by atoms with E-state index < -0.39 is 6.43 Å². The second kappa shape index (κ2) is 5.63. The summed E-state index contributed by atoms with van der Waals surface area (Å²) in [5, 5.41) is 4.32. The number of hydrogen-bond acceptors (Lipinski definition) is 5. The molecular weight excluding hydrogens is 316 g/mol. The monoisotopic (exact) mass is 331 g/mol. The zero-order chi connectivity index (χ0) is 16.7. The van der Waals surface area contributed by atoms with E-state index in [0.29, 0.717) is 30.4 Å². The molecule has 0 N–H and O–H groups in total. The fraction of sp³-hybridized carbons (Fsp3) is 0.250. The summed E-state index contributed by atoms with van der Waals surface area (Å²) in [4.78, 5) is 12.5. The number of hydrogen-bond donors (Lipinski definition) is 0. The van der Waals surface area contributed by atoms with Crippen LogP contribution in [-0.4, -0.2) is 31.2 Å². The second-order valence-corrected chi connectivity index (χ2v) is 5.24. The third-order valence-electron chi connectivity index (χ3n) is 3.80. The number of allylic oxidation sites excluding steroid dienone is 1. The molecule has 0 saturated heterocycles. The van der Waals surface area contributed by atoms with E-state index in [0.717, 1.165) is 23.0 Å². The van der Waals surface area contributed by atoms with E-state index in [-0.39, 0.29) is 7.12 Å². The minimum Gasteiger partial charge on any atom is -0.464 e. The van der Waals surface area contributed by atoms with Crippen molar-refractivity contribution in [2.45, 2.75) is 19.8 Å². The first kappa shape index (κ1) is 14.7. The Morgan fingerprint density at radius 3 is 2.96 bits per heavy atom. The van der Waals surface area contributed by atoms with Crippen LogP contribution in [0.1, 0.15) is 37.4 Å². The quantitative estimate of drug-likeness (QED) is 0.735. The molecule has 3 heterocycles. The van der Waals surface area contributed by atoms with E-state index in [1.165, 1.54) is 4.52 Å². The molecule has 0 radical (unpaired) electrons. The van der Waals surface area contributed by atoms with E-state index in [1.807, 2.05) is 13.0 Å². The minimum absolute atomic E-state index is 0. The molecule has 0 saturated carbocycles. The fourth-order valence-corrected chi connectivity index (χ4v) is 2.71. The summed E-state index contributed by atoms with van der Waals surface area (Å²) < 4.78 is 32.6. The lowest BCUT2D eigenvalue weighted by molar-refractivity contribution is 0.143. The Labute approximate surface area is 137 Å². The van der Waals surface area contributed by atoms with E-state index >= 15 is 0 Å². The van der Waals surface area contributed by atoms with Gasteiger partial charge in [0, 0.05) is 25.2 Å². The van der Waals surface area contributed by atoms with Gasteiger partial charge < -0.3 is 4.74 Å². The first-order valence-electron chi connectivity index (χ1n) is 7.50. The number of imidazole rings is 1. The summed E-state index contributed by atoms with van der Waals surface area (Å²) in [5.74, 6) is 0. The summed E-state index contributed by atoms with van der Waals surface area (Å²) >= 11 is 0. The Balaban J connectivity index is 0.00000182. The number of ether oxygens (including phenoxy) is 1. The van der Waals surface area contributed by atoms with Crippen LogP contribution in [0.3, 0.4) is 0 Å². The SMILES string of the molecule is CCOc1ncc2c(n1)CC=C2c1ccc2ncc(C(F)F)n2n1.[HH]. The van der Waals surface area contributed by atoms with Gasteiger partial charge in [0.05, 0.1) is 24.2 Å². The topological polar surface area (TPSA) is 65.2 Å². The fourth-order valence-electron chi connectivity index (χ4n) is 2.71. The van der Waals surface area contributed by atoms with Crippen molar-refractivity contribution >= 4 is 11.2 Å². The maximum absolute atomic E-state index is 13.0. The molecule has 0 amide bonds. The van der Waals surface area contributed by atoms with Gasteiger partial charge in [-0.15, -0.1) is 0 Å². The van der Waals surface area contributed by atoms with Crippen molar-refractivity contribution in [1.29, 1.82) is 0 Å². The highest BCUT2D eigenvalue weighted by Gasteiger charge is 2.21.